The standard InChI is InChI=1S/C11H14N2/c1-11(2,3)9-6-10-7-12-4-5-13(10)8-9/h4-8H,1-3H3. The first-order valence-corrected chi connectivity index (χ1v) is 4.49. The van der Waals surface area contributed by atoms with Crippen molar-refractivity contribution in [3.05, 3.63) is 36.4 Å². The number of rotatable bonds is 0. The van der Waals surface area contributed by atoms with E-state index < -0.39 is 0 Å². The van der Waals surface area contributed by atoms with Crippen LogP contribution >= 0.6 is 0 Å². The lowest BCUT2D eigenvalue weighted by molar-refractivity contribution is 0.590. The van der Waals surface area contributed by atoms with Crippen LogP contribution in [0.1, 0.15) is 26.3 Å². The molecule has 0 unspecified atom stereocenters. The maximum absolute atomic E-state index is 4.09. The minimum Gasteiger partial charge on any atom is -0.321 e. The van der Waals surface area contributed by atoms with Gasteiger partial charge in [-0.3, -0.25) is 4.98 Å². The minimum absolute atomic E-state index is 0.214. The Kier molecular flexibility index (Phi) is 1.65. The van der Waals surface area contributed by atoms with Crippen molar-refractivity contribution in [2.75, 3.05) is 0 Å². The molecule has 0 fully saturated rings. The Bertz CT molecular complexity index is 388. The molecule has 0 aliphatic rings. The summed E-state index contributed by atoms with van der Waals surface area (Å²) in [6, 6.07) is 2.19. The van der Waals surface area contributed by atoms with Gasteiger partial charge in [0.15, 0.2) is 0 Å². The maximum atomic E-state index is 4.09. The molecular formula is C11H14N2. The smallest absolute Gasteiger partial charge is 0.0637 e. The molecule has 0 aliphatic heterocycles. The first-order valence-electron chi connectivity index (χ1n) is 4.49. The lowest BCUT2D eigenvalue weighted by atomic mass is 9.89. The average Bonchev–Trinajstić information content (AvgIpc) is 2.45. The second kappa shape index (κ2) is 2.59. The monoisotopic (exact) mass is 174 g/mol. The Morgan fingerprint density at radius 3 is 2.69 bits per heavy atom. The van der Waals surface area contributed by atoms with Crippen molar-refractivity contribution >= 4 is 5.52 Å². The molecule has 2 aromatic heterocycles. The van der Waals surface area contributed by atoms with Gasteiger partial charge in [-0.25, -0.2) is 0 Å². The zero-order chi connectivity index (χ0) is 9.47. The van der Waals surface area contributed by atoms with Crippen LogP contribution < -0.4 is 0 Å². The molecule has 0 atom stereocenters. The highest BCUT2D eigenvalue weighted by atomic mass is 14.9. The highest BCUT2D eigenvalue weighted by molar-refractivity contribution is 5.49. The van der Waals surface area contributed by atoms with Crippen LogP contribution in [0, 0.1) is 0 Å². The Morgan fingerprint density at radius 1 is 1.31 bits per heavy atom. The van der Waals surface area contributed by atoms with Crippen LogP contribution in [0.25, 0.3) is 5.52 Å². The molecule has 0 radical (unpaired) electrons. The van der Waals surface area contributed by atoms with Crippen LogP contribution in [-0.2, 0) is 5.41 Å². The number of aromatic nitrogens is 2. The highest BCUT2D eigenvalue weighted by Gasteiger charge is 2.15. The lowest BCUT2D eigenvalue weighted by Gasteiger charge is -2.15. The maximum Gasteiger partial charge on any atom is 0.0637 e. The molecule has 13 heavy (non-hydrogen) atoms. The van der Waals surface area contributed by atoms with Gasteiger partial charge in [-0.1, -0.05) is 20.8 Å². The molecule has 2 nitrogen and oxygen atoms in total. The summed E-state index contributed by atoms with van der Waals surface area (Å²) < 4.78 is 2.10. The number of nitrogens with zero attached hydrogens (tertiary/aromatic N) is 2. The predicted octanol–water partition coefficient (Wildman–Crippen LogP) is 2.63. The van der Waals surface area contributed by atoms with E-state index in [1.165, 1.54) is 5.56 Å². The van der Waals surface area contributed by atoms with E-state index in [1.807, 2.05) is 12.4 Å². The van der Waals surface area contributed by atoms with Gasteiger partial charge in [-0.15, -0.1) is 0 Å². The van der Waals surface area contributed by atoms with Crippen molar-refractivity contribution in [3.8, 4) is 0 Å². The van der Waals surface area contributed by atoms with E-state index in [4.69, 9.17) is 0 Å². The Hall–Kier alpha value is -1.31. The van der Waals surface area contributed by atoms with Gasteiger partial charge in [0.25, 0.3) is 0 Å². The molecule has 0 bridgehead atoms. The summed E-state index contributed by atoms with van der Waals surface area (Å²) in [6.07, 6.45) is 7.83. The number of fused-ring (bicyclic) bond motifs is 1. The van der Waals surface area contributed by atoms with Gasteiger partial charge in [0.05, 0.1) is 11.7 Å². The van der Waals surface area contributed by atoms with Crippen LogP contribution in [0.2, 0.25) is 0 Å². The van der Waals surface area contributed by atoms with Crippen molar-refractivity contribution in [1.82, 2.24) is 9.38 Å². The van der Waals surface area contributed by atoms with Gasteiger partial charge in [0.2, 0.25) is 0 Å². The van der Waals surface area contributed by atoms with E-state index in [0.29, 0.717) is 0 Å². The molecule has 0 saturated carbocycles. The third-order valence-electron chi connectivity index (χ3n) is 2.27. The fourth-order valence-electron chi connectivity index (χ4n) is 1.37. The van der Waals surface area contributed by atoms with Gasteiger partial charge in [-0.2, -0.15) is 0 Å². The summed E-state index contributed by atoms with van der Waals surface area (Å²) in [5, 5.41) is 0. The summed E-state index contributed by atoms with van der Waals surface area (Å²) in [5.74, 6) is 0. The van der Waals surface area contributed by atoms with E-state index in [2.05, 4.69) is 42.4 Å². The normalized spacial score (nSPS) is 12.2. The summed E-state index contributed by atoms with van der Waals surface area (Å²) in [5.41, 5.74) is 2.72. The molecule has 0 aliphatic carbocycles. The molecule has 2 heteroatoms. The number of hydrogen-bond acceptors (Lipinski definition) is 1. The number of hydrogen-bond donors (Lipinski definition) is 0. The van der Waals surface area contributed by atoms with Gasteiger partial charge in [0, 0.05) is 18.6 Å². The fraction of sp³-hybridized carbons (Fsp3) is 0.364. The molecule has 2 rings (SSSR count). The van der Waals surface area contributed by atoms with Crippen molar-refractivity contribution in [2.24, 2.45) is 0 Å². The molecule has 68 valence electrons. The van der Waals surface area contributed by atoms with Crippen molar-refractivity contribution in [2.45, 2.75) is 26.2 Å². The van der Waals surface area contributed by atoms with Crippen LogP contribution in [0.5, 0.6) is 0 Å². The Balaban J connectivity index is 2.63. The van der Waals surface area contributed by atoms with Gasteiger partial charge in [0.1, 0.15) is 0 Å². The van der Waals surface area contributed by atoms with Crippen molar-refractivity contribution in [3.63, 3.8) is 0 Å². The van der Waals surface area contributed by atoms with Crippen LogP contribution in [0.3, 0.4) is 0 Å². The molecular weight excluding hydrogens is 160 g/mol. The summed E-state index contributed by atoms with van der Waals surface area (Å²) in [4.78, 5) is 4.09. The zero-order valence-electron chi connectivity index (χ0n) is 8.28. The Labute approximate surface area is 78.2 Å². The fourth-order valence-corrected chi connectivity index (χ4v) is 1.37. The molecule has 0 amide bonds. The van der Waals surface area contributed by atoms with Crippen LogP contribution in [0.15, 0.2) is 30.9 Å². The van der Waals surface area contributed by atoms with E-state index >= 15 is 0 Å². The summed E-state index contributed by atoms with van der Waals surface area (Å²) in [6.45, 7) is 6.65. The SMILES string of the molecule is CC(C)(C)c1cc2cnccn2c1. The average molecular weight is 174 g/mol. The van der Waals surface area contributed by atoms with Crippen molar-refractivity contribution < 1.29 is 0 Å². The molecule has 2 aromatic rings. The predicted molar refractivity (Wildman–Crippen MR) is 53.9 cm³/mol. The molecule has 0 saturated heterocycles. The Morgan fingerprint density at radius 2 is 2.08 bits per heavy atom. The van der Waals surface area contributed by atoms with E-state index in [-0.39, 0.29) is 5.41 Å². The highest BCUT2D eigenvalue weighted by Crippen LogP contribution is 2.23. The first kappa shape index (κ1) is 8.30. The lowest BCUT2D eigenvalue weighted by Crippen LogP contribution is -2.09. The molecule has 2 heterocycles. The summed E-state index contributed by atoms with van der Waals surface area (Å²) >= 11 is 0. The van der Waals surface area contributed by atoms with E-state index in [1.54, 1.807) is 6.20 Å². The third kappa shape index (κ3) is 1.44. The topological polar surface area (TPSA) is 17.3 Å². The third-order valence-corrected chi connectivity index (χ3v) is 2.27. The minimum atomic E-state index is 0.214. The van der Waals surface area contributed by atoms with Gasteiger partial charge < -0.3 is 4.40 Å². The zero-order valence-corrected chi connectivity index (χ0v) is 8.28. The first-order chi connectivity index (χ1) is 6.07. The quantitative estimate of drug-likeness (QED) is 0.600. The molecule has 0 N–H and O–H groups in total. The van der Waals surface area contributed by atoms with E-state index in [9.17, 15) is 0 Å². The van der Waals surface area contributed by atoms with Crippen LogP contribution in [-0.4, -0.2) is 9.38 Å². The van der Waals surface area contributed by atoms with Crippen LogP contribution in [0.4, 0.5) is 0 Å². The summed E-state index contributed by atoms with van der Waals surface area (Å²) in [7, 11) is 0. The second-order valence-electron chi connectivity index (χ2n) is 4.39. The van der Waals surface area contributed by atoms with Gasteiger partial charge in [-0.05, 0) is 17.0 Å². The molecule has 0 spiro atoms. The molecule has 0 aromatic carbocycles. The van der Waals surface area contributed by atoms with Crippen molar-refractivity contribution in [1.29, 1.82) is 0 Å². The van der Waals surface area contributed by atoms with E-state index in [0.717, 1.165) is 5.52 Å². The van der Waals surface area contributed by atoms with Gasteiger partial charge >= 0.3 is 0 Å². The largest absolute Gasteiger partial charge is 0.321 e. The second-order valence-corrected chi connectivity index (χ2v) is 4.39.